The number of nitrogens with one attached hydrogen (secondary N) is 1. The maximum absolute atomic E-state index is 5.94. The van der Waals surface area contributed by atoms with E-state index in [4.69, 9.17) is 15.2 Å². The molecule has 2 heterocycles. The number of hydrogen-bond acceptors (Lipinski definition) is 5. The second-order valence-electron chi connectivity index (χ2n) is 6.69. The average Bonchev–Trinajstić information content (AvgIpc) is 3.48. The van der Waals surface area contributed by atoms with Gasteiger partial charge >= 0.3 is 0 Å². The van der Waals surface area contributed by atoms with E-state index in [0.717, 1.165) is 63.9 Å². The van der Waals surface area contributed by atoms with Crippen LogP contribution in [0, 0.1) is 5.92 Å². The van der Waals surface area contributed by atoms with Crippen LogP contribution in [0.1, 0.15) is 24.8 Å². The predicted octanol–water partition coefficient (Wildman–Crippen LogP) is 0.997. The van der Waals surface area contributed by atoms with Crippen LogP contribution in [0.2, 0.25) is 0 Å². The Balaban J connectivity index is 1.33. The molecule has 0 bridgehead atoms. The fourth-order valence-corrected chi connectivity index (χ4v) is 2.69. The van der Waals surface area contributed by atoms with Gasteiger partial charge in [0.05, 0.1) is 26.4 Å². The third-order valence-electron chi connectivity index (χ3n) is 4.46. The lowest BCUT2D eigenvalue weighted by molar-refractivity contribution is 0.0376. The van der Waals surface area contributed by atoms with Crippen molar-refractivity contribution in [3.63, 3.8) is 0 Å². The quantitative estimate of drug-likeness (QED) is 0.394. The third kappa shape index (κ3) is 6.88. The maximum atomic E-state index is 5.94. The van der Waals surface area contributed by atoms with Crippen molar-refractivity contribution in [1.29, 1.82) is 0 Å². The first-order valence-electron chi connectivity index (χ1n) is 9.21. The summed E-state index contributed by atoms with van der Waals surface area (Å²) in [6.07, 6.45) is 5.36. The summed E-state index contributed by atoms with van der Waals surface area (Å²) in [5.74, 6) is 1.89. The van der Waals surface area contributed by atoms with Gasteiger partial charge in [-0.3, -0.25) is 4.90 Å². The zero-order chi connectivity index (χ0) is 17.3. The van der Waals surface area contributed by atoms with E-state index in [2.05, 4.69) is 20.2 Å². The maximum Gasteiger partial charge on any atom is 0.213 e. The lowest BCUT2D eigenvalue weighted by Gasteiger charge is -2.26. The largest absolute Gasteiger partial charge is 0.477 e. The van der Waals surface area contributed by atoms with Crippen LogP contribution in [0.25, 0.3) is 0 Å². The van der Waals surface area contributed by atoms with Crippen LogP contribution in [-0.2, 0) is 11.3 Å². The number of morpholine rings is 1. The van der Waals surface area contributed by atoms with E-state index in [-0.39, 0.29) is 0 Å². The zero-order valence-corrected chi connectivity index (χ0v) is 14.8. The number of aromatic nitrogens is 1. The average molecular weight is 347 g/mol. The fraction of sp³-hybridized carbons (Fsp3) is 0.667. The number of pyridine rings is 1. The van der Waals surface area contributed by atoms with Gasteiger partial charge in [0.2, 0.25) is 5.88 Å². The molecule has 3 N–H and O–H groups in total. The molecule has 1 aromatic heterocycles. The Morgan fingerprint density at radius 3 is 3.04 bits per heavy atom. The van der Waals surface area contributed by atoms with E-state index in [0.29, 0.717) is 18.4 Å². The van der Waals surface area contributed by atoms with Gasteiger partial charge in [0.1, 0.15) is 0 Å². The normalized spacial score (nSPS) is 19.0. The summed E-state index contributed by atoms with van der Waals surface area (Å²) < 4.78 is 11.0. The number of guanidine groups is 1. The van der Waals surface area contributed by atoms with Crippen molar-refractivity contribution in [2.75, 3.05) is 46.0 Å². The molecule has 0 radical (unpaired) electrons. The Kier molecular flexibility index (Phi) is 6.88. The summed E-state index contributed by atoms with van der Waals surface area (Å²) in [5, 5.41) is 3.18. The highest BCUT2D eigenvalue weighted by atomic mass is 16.5. The molecule has 0 spiro atoms. The minimum atomic E-state index is 0.485. The van der Waals surface area contributed by atoms with Gasteiger partial charge in [-0.2, -0.15) is 0 Å². The first-order chi connectivity index (χ1) is 12.3. The Morgan fingerprint density at radius 1 is 1.40 bits per heavy atom. The molecule has 0 aromatic carbocycles. The molecule has 2 aliphatic rings. The number of hydrogen-bond donors (Lipinski definition) is 2. The molecule has 138 valence electrons. The van der Waals surface area contributed by atoms with E-state index < -0.39 is 0 Å². The molecule has 1 aliphatic carbocycles. The molecule has 0 unspecified atom stereocenters. The topological polar surface area (TPSA) is 85.0 Å². The van der Waals surface area contributed by atoms with Gasteiger partial charge in [-0.15, -0.1) is 0 Å². The molecule has 25 heavy (non-hydrogen) atoms. The van der Waals surface area contributed by atoms with Crippen molar-refractivity contribution < 1.29 is 9.47 Å². The fourth-order valence-electron chi connectivity index (χ4n) is 2.69. The highest BCUT2D eigenvalue weighted by Gasteiger charge is 2.22. The molecule has 1 saturated heterocycles. The minimum absolute atomic E-state index is 0.485. The predicted molar refractivity (Wildman–Crippen MR) is 97.7 cm³/mol. The van der Waals surface area contributed by atoms with E-state index >= 15 is 0 Å². The number of nitrogens with zero attached hydrogens (tertiary/aromatic N) is 3. The minimum Gasteiger partial charge on any atom is -0.477 e. The van der Waals surface area contributed by atoms with Gasteiger partial charge in [-0.25, -0.2) is 9.98 Å². The Labute approximate surface area is 149 Å². The van der Waals surface area contributed by atoms with Crippen LogP contribution in [0.15, 0.2) is 23.3 Å². The number of nitrogens with two attached hydrogens (primary N) is 1. The molecule has 0 atom stereocenters. The summed E-state index contributed by atoms with van der Waals surface area (Å²) in [6.45, 7) is 6.93. The van der Waals surface area contributed by atoms with Gasteiger partial charge in [-0.1, -0.05) is 0 Å². The first kappa shape index (κ1) is 17.9. The molecule has 7 heteroatoms. The van der Waals surface area contributed by atoms with E-state index in [1.807, 2.05) is 12.1 Å². The van der Waals surface area contributed by atoms with Crippen LogP contribution < -0.4 is 15.8 Å². The van der Waals surface area contributed by atoms with Crippen LogP contribution >= 0.6 is 0 Å². The SMILES string of the molecule is NC(=NCc1ccnc(OCC2CC2)c1)NCCCN1CCOCC1. The highest BCUT2D eigenvalue weighted by molar-refractivity contribution is 5.77. The standard InChI is InChI=1S/C18H29N5O2/c19-18(21-5-1-7-23-8-10-24-11-9-23)22-13-16-4-6-20-17(12-16)25-14-15-2-3-15/h4,6,12,15H,1-3,5,7-11,13-14H2,(H3,19,21,22). The van der Waals surface area contributed by atoms with Crippen molar-refractivity contribution in [1.82, 2.24) is 15.2 Å². The summed E-state index contributed by atoms with van der Waals surface area (Å²) in [5.41, 5.74) is 7.00. The monoisotopic (exact) mass is 347 g/mol. The van der Waals surface area contributed by atoms with Crippen LogP contribution in [-0.4, -0.2) is 61.8 Å². The van der Waals surface area contributed by atoms with Gasteiger partial charge in [-0.05, 0) is 43.4 Å². The molecule has 7 nitrogen and oxygen atoms in total. The number of ether oxygens (including phenoxy) is 2. The summed E-state index contributed by atoms with van der Waals surface area (Å²) in [7, 11) is 0. The van der Waals surface area contributed by atoms with Crippen LogP contribution in [0.4, 0.5) is 0 Å². The third-order valence-corrected chi connectivity index (χ3v) is 4.46. The molecule has 3 rings (SSSR count). The van der Waals surface area contributed by atoms with E-state index in [1.165, 1.54) is 12.8 Å². The van der Waals surface area contributed by atoms with Crippen molar-refractivity contribution in [3.05, 3.63) is 23.9 Å². The lowest BCUT2D eigenvalue weighted by Crippen LogP contribution is -2.39. The summed E-state index contributed by atoms with van der Waals surface area (Å²) >= 11 is 0. The zero-order valence-electron chi connectivity index (χ0n) is 14.8. The smallest absolute Gasteiger partial charge is 0.213 e. The van der Waals surface area contributed by atoms with Crippen molar-refractivity contribution in [2.45, 2.75) is 25.8 Å². The highest BCUT2D eigenvalue weighted by Crippen LogP contribution is 2.29. The van der Waals surface area contributed by atoms with Crippen LogP contribution in [0.3, 0.4) is 0 Å². The number of rotatable bonds is 9. The Hall–Kier alpha value is -1.86. The van der Waals surface area contributed by atoms with Crippen molar-refractivity contribution >= 4 is 5.96 Å². The Morgan fingerprint density at radius 2 is 2.24 bits per heavy atom. The summed E-state index contributed by atoms with van der Waals surface area (Å²) in [6, 6.07) is 3.89. The van der Waals surface area contributed by atoms with Crippen molar-refractivity contribution in [3.8, 4) is 5.88 Å². The second-order valence-corrected chi connectivity index (χ2v) is 6.69. The first-order valence-corrected chi connectivity index (χ1v) is 9.21. The van der Waals surface area contributed by atoms with Gasteiger partial charge in [0.15, 0.2) is 5.96 Å². The van der Waals surface area contributed by atoms with Crippen molar-refractivity contribution in [2.24, 2.45) is 16.6 Å². The second kappa shape index (κ2) is 9.58. The molecular formula is C18H29N5O2. The summed E-state index contributed by atoms with van der Waals surface area (Å²) in [4.78, 5) is 11.0. The lowest BCUT2D eigenvalue weighted by atomic mass is 10.3. The molecule has 2 fully saturated rings. The van der Waals surface area contributed by atoms with E-state index in [9.17, 15) is 0 Å². The molecule has 1 aliphatic heterocycles. The van der Waals surface area contributed by atoms with Gasteiger partial charge in [0, 0.05) is 31.9 Å². The number of aliphatic imine (C=N–C) groups is 1. The van der Waals surface area contributed by atoms with Gasteiger partial charge < -0.3 is 20.5 Å². The van der Waals surface area contributed by atoms with E-state index in [1.54, 1.807) is 6.20 Å². The van der Waals surface area contributed by atoms with Gasteiger partial charge in [0.25, 0.3) is 0 Å². The van der Waals surface area contributed by atoms with Crippen LogP contribution in [0.5, 0.6) is 5.88 Å². The Bertz CT molecular complexity index is 556. The molecule has 1 saturated carbocycles. The molecule has 1 aromatic rings. The molecular weight excluding hydrogens is 318 g/mol. The molecule has 0 amide bonds.